The van der Waals surface area contributed by atoms with Gasteiger partial charge >= 0.3 is 6.18 Å². The number of hydrogen-bond donors (Lipinski definition) is 2. The Morgan fingerprint density at radius 1 is 1.19 bits per heavy atom. The maximum Gasteiger partial charge on any atom is 0.416 e. The summed E-state index contributed by atoms with van der Waals surface area (Å²) in [5.41, 5.74) is 0.0254. The summed E-state index contributed by atoms with van der Waals surface area (Å²) in [6, 6.07) is 5.73. The lowest BCUT2D eigenvalue weighted by Gasteiger charge is -2.43. The minimum Gasteiger partial charge on any atom is -0.380 e. The van der Waals surface area contributed by atoms with Crippen molar-refractivity contribution in [3.63, 3.8) is 0 Å². The molecule has 1 saturated heterocycles. The number of ether oxygens (including phenoxy) is 1. The summed E-state index contributed by atoms with van der Waals surface area (Å²) in [6.07, 6.45) is -1.53. The predicted octanol–water partition coefficient (Wildman–Crippen LogP) is 3.33. The summed E-state index contributed by atoms with van der Waals surface area (Å²) in [5, 5.41) is 6.61. The highest BCUT2D eigenvalue weighted by Gasteiger charge is 2.40. The number of alkyl halides is 3. The van der Waals surface area contributed by atoms with E-state index in [1.54, 1.807) is 13.1 Å². The zero-order valence-corrected chi connectivity index (χ0v) is 15.2. The number of benzene rings is 1. The van der Waals surface area contributed by atoms with Gasteiger partial charge in [0.25, 0.3) is 0 Å². The minimum absolute atomic E-state index is 0.118. The number of halogens is 3. The van der Waals surface area contributed by atoms with Crippen LogP contribution in [-0.2, 0) is 16.3 Å². The Morgan fingerprint density at radius 2 is 1.88 bits per heavy atom. The lowest BCUT2D eigenvalue weighted by Crippen LogP contribution is -2.53. The first-order chi connectivity index (χ1) is 12.3. The van der Waals surface area contributed by atoms with Crippen LogP contribution in [-0.4, -0.2) is 39.3 Å². The van der Waals surface area contributed by atoms with Gasteiger partial charge in [0.2, 0.25) is 0 Å². The van der Waals surface area contributed by atoms with Crippen molar-refractivity contribution in [1.82, 2.24) is 10.6 Å². The Kier molecular flexibility index (Phi) is 5.19. The molecule has 0 radical (unpaired) electrons. The van der Waals surface area contributed by atoms with E-state index >= 15 is 0 Å². The zero-order valence-electron chi connectivity index (χ0n) is 15.2. The van der Waals surface area contributed by atoms with Crippen LogP contribution in [0.5, 0.6) is 0 Å². The molecule has 1 aromatic rings. The summed E-state index contributed by atoms with van der Waals surface area (Å²) in [5.74, 6) is 0.677. The van der Waals surface area contributed by atoms with Crippen LogP contribution in [0.3, 0.4) is 0 Å². The van der Waals surface area contributed by atoms with Crippen molar-refractivity contribution in [3.8, 4) is 0 Å². The quantitative estimate of drug-likeness (QED) is 0.618. The first-order valence-corrected chi connectivity index (χ1v) is 8.96. The van der Waals surface area contributed by atoms with Gasteiger partial charge in [-0.25, -0.2) is 0 Å². The summed E-state index contributed by atoms with van der Waals surface area (Å²) in [6.45, 7) is 4.92. The molecule has 0 bridgehead atoms. The Balaban J connectivity index is 1.65. The first-order valence-electron chi connectivity index (χ1n) is 8.96. The van der Waals surface area contributed by atoms with E-state index in [2.05, 4.69) is 22.5 Å². The maximum absolute atomic E-state index is 13.0. The molecular formula is C19H26F3N3O. The number of rotatable bonds is 5. The van der Waals surface area contributed by atoms with Crippen molar-refractivity contribution in [3.05, 3.63) is 35.4 Å². The second-order valence-electron chi connectivity index (χ2n) is 7.80. The fourth-order valence-corrected chi connectivity index (χ4v) is 3.52. The summed E-state index contributed by atoms with van der Waals surface area (Å²) < 4.78 is 44.4. The molecule has 0 amide bonds. The van der Waals surface area contributed by atoms with Crippen molar-refractivity contribution in [1.29, 1.82) is 0 Å². The van der Waals surface area contributed by atoms with E-state index < -0.39 is 11.7 Å². The van der Waals surface area contributed by atoms with Gasteiger partial charge in [-0.05, 0) is 24.5 Å². The van der Waals surface area contributed by atoms with Gasteiger partial charge in [0.05, 0.1) is 18.8 Å². The van der Waals surface area contributed by atoms with Crippen LogP contribution >= 0.6 is 0 Å². The first kappa shape index (κ1) is 19.0. The molecule has 3 rings (SSSR count). The number of guanidine groups is 1. The monoisotopic (exact) mass is 369 g/mol. The Hall–Kier alpha value is -1.76. The van der Waals surface area contributed by atoms with Gasteiger partial charge in [-0.15, -0.1) is 0 Å². The second kappa shape index (κ2) is 7.10. The Bertz CT molecular complexity index is 664. The molecule has 2 aliphatic rings. The smallest absolute Gasteiger partial charge is 0.380 e. The number of nitrogens with zero attached hydrogens (tertiary/aromatic N) is 1. The SMILES string of the molecule is CN=C(NCC1(C)COC1)NCC1(c2cccc(C(F)(F)F)c2)CCC1. The number of nitrogens with one attached hydrogen (secondary N) is 2. The van der Waals surface area contributed by atoms with Gasteiger partial charge in [0, 0.05) is 31.0 Å². The van der Waals surface area contributed by atoms with Gasteiger partial charge in [-0.3, -0.25) is 4.99 Å². The molecule has 1 aromatic carbocycles. The van der Waals surface area contributed by atoms with Crippen LogP contribution in [0.2, 0.25) is 0 Å². The third kappa shape index (κ3) is 3.98. The van der Waals surface area contributed by atoms with E-state index in [9.17, 15) is 13.2 Å². The zero-order chi connectivity index (χ0) is 18.8. The van der Waals surface area contributed by atoms with Gasteiger partial charge in [-0.1, -0.05) is 31.5 Å². The molecule has 0 spiro atoms. The molecule has 144 valence electrons. The molecule has 0 atom stereocenters. The molecule has 2 N–H and O–H groups in total. The summed E-state index contributed by atoms with van der Waals surface area (Å²) >= 11 is 0. The van der Waals surface area contributed by atoms with E-state index in [0.29, 0.717) is 12.5 Å². The van der Waals surface area contributed by atoms with E-state index in [1.165, 1.54) is 12.1 Å². The molecule has 0 aromatic heterocycles. The summed E-state index contributed by atoms with van der Waals surface area (Å²) in [7, 11) is 1.70. The molecule has 1 aliphatic heterocycles. The molecule has 4 nitrogen and oxygen atoms in total. The van der Waals surface area contributed by atoms with Gasteiger partial charge in [0.1, 0.15) is 0 Å². The standard InChI is InChI=1S/C19H26F3N3O/c1-17(12-26-13-17)10-24-16(23-2)25-11-18(7-4-8-18)14-5-3-6-15(9-14)19(20,21)22/h3,5-6,9H,4,7-8,10-13H2,1-2H3,(H2,23,24,25). The highest BCUT2D eigenvalue weighted by atomic mass is 19.4. The minimum atomic E-state index is -4.31. The molecule has 2 fully saturated rings. The lowest BCUT2D eigenvalue weighted by atomic mass is 9.64. The van der Waals surface area contributed by atoms with Crippen molar-refractivity contribution < 1.29 is 17.9 Å². The fraction of sp³-hybridized carbons (Fsp3) is 0.632. The maximum atomic E-state index is 13.0. The third-order valence-corrected chi connectivity index (χ3v) is 5.51. The number of aliphatic imine (C=N–C) groups is 1. The molecule has 1 saturated carbocycles. The normalized spacial score (nSPS) is 21.5. The molecular weight excluding hydrogens is 343 g/mol. The van der Waals surface area contributed by atoms with Crippen LogP contribution in [0, 0.1) is 5.41 Å². The lowest BCUT2D eigenvalue weighted by molar-refractivity contribution is -0.137. The van der Waals surface area contributed by atoms with Crippen LogP contribution < -0.4 is 10.6 Å². The van der Waals surface area contributed by atoms with Crippen molar-refractivity contribution >= 4 is 5.96 Å². The van der Waals surface area contributed by atoms with E-state index in [1.807, 2.05) is 0 Å². The average molecular weight is 369 g/mol. The third-order valence-electron chi connectivity index (χ3n) is 5.51. The molecule has 0 unspecified atom stereocenters. The topological polar surface area (TPSA) is 45.7 Å². The van der Waals surface area contributed by atoms with E-state index in [-0.39, 0.29) is 10.8 Å². The van der Waals surface area contributed by atoms with Gasteiger partial charge in [0.15, 0.2) is 5.96 Å². The van der Waals surface area contributed by atoms with Crippen LogP contribution in [0.15, 0.2) is 29.3 Å². The van der Waals surface area contributed by atoms with Crippen molar-refractivity contribution in [2.45, 2.75) is 37.8 Å². The van der Waals surface area contributed by atoms with Crippen LogP contribution in [0.1, 0.15) is 37.3 Å². The van der Waals surface area contributed by atoms with Crippen LogP contribution in [0.25, 0.3) is 0 Å². The largest absolute Gasteiger partial charge is 0.416 e. The van der Waals surface area contributed by atoms with Crippen LogP contribution in [0.4, 0.5) is 13.2 Å². The highest BCUT2D eigenvalue weighted by molar-refractivity contribution is 5.79. The second-order valence-corrected chi connectivity index (χ2v) is 7.80. The number of hydrogen-bond acceptors (Lipinski definition) is 2. The molecule has 1 aliphatic carbocycles. The van der Waals surface area contributed by atoms with Crippen molar-refractivity contribution in [2.24, 2.45) is 10.4 Å². The Morgan fingerprint density at radius 3 is 2.38 bits per heavy atom. The Labute approximate surface area is 152 Å². The van der Waals surface area contributed by atoms with E-state index in [0.717, 1.165) is 50.7 Å². The van der Waals surface area contributed by atoms with E-state index in [4.69, 9.17) is 4.74 Å². The fourth-order valence-electron chi connectivity index (χ4n) is 3.52. The summed E-state index contributed by atoms with van der Waals surface area (Å²) in [4.78, 5) is 4.24. The highest BCUT2D eigenvalue weighted by Crippen LogP contribution is 2.44. The van der Waals surface area contributed by atoms with Gasteiger partial charge < -0.3 is 15.4 Å². The van der Waals surface area contributed by atoms with Crippen molar-refractivity contribution in [2.75, 3.05) is 33.4 Å². The predicted molar refractivity (Wildman–Crippen MR) is 95.3 cm³/mol. The average Bonchev–Trinajstić information content (AvgIpc) is 2.54. The molecule has 7 heteroatoms. The van der Waals surface area contributed by atoms with Gasteiger partial charge in [-0.2, -0.15) is 13.2 Å². The molecule has 26 heavy (non-hydrogen) atoms. The molecule has 1 heterocycles.